The van der Waals surface area contributed by atoms with E-state index in [-0.39, 0.29) is 17.2 Å². The summed E-state index contributed by atoms with van der Waals surface area (Å²) in [7, 11) is 0. The van der Waals surface area contributed by atoms with Crippen molar-refractivity contribution in [3.8, 4) is 11.3 Å². The lowest BCUT2D eigenvalue weighted by molar-refractivity contribution is 0.0141. The fourth-order valence-corrected chi connectivity index (χ4v) is 4.69. The van der Waals surface area contributed by atoms with Gasteiger partial charge in [0.25, 0.3) is 11.5 Å². The summed E-state index contributed by atoms with van der Waals surface area (Å²) in [6.07, 6.45) is -1.64. The van der Waals surface area contributed by atoms with Crippen LogP contribution in [-0.2, 0) is 4.74 Å². The first-order valence-corrected chi connectivity index (χ1v) is 12.3. The molecule has 3 heterocycles. The van der Waals surface area contributed by atoms with E-state index in [1.807, 2.05) is 18.2 Å². The number of benzene rings is 2. The molecule has 1 fully saturated rings. The lowest BCUT2D eigenvalue weighted by atomic mass is 10.1. The van der Waals surface area contributed by atoms with E-state index < -0.39 is 23.3 Å². The molecule has 2 amide bonds. The lowest BCUT2D eigenvalue weighted by Crippen LogP contribution is -2.51. The molecule has 0 radical (unpaired) electrons. The second kappa shape index (κ2) is 9.37. The molecule has 0 unspecified atom stereocenters. The van der Waals surface area contributed by atoms with Crippen molar-refractivity contribution >= 4 is 39.9 Å². The zero-order valence-corrected chi connectivity index (χ0v) is 21.4. The Bertz CT molecular complexity index is 1640. The Morgan fingerprint density at radius 1 is 0.895 bits per heavy atom. The smallest absolute Gasteiger partial charge is 0.416 e. The van der Waals surface area contributed by atoms with Crippen molar-refractivity contribution in [2.75, 3.05) is 26.2 Å². The number of rotatable bonds is 2. The molecule has 10 nitrogen and oxygen atoms in total. The van der Waals surface area contributed by atoms with Crippen molar-refractivity contribution in [2.24, 2.45) is 0 Å². The predicted molar refractivity (Wildman–Crippen MR) is 143 cm³/mol. The number of H-pyrrole nitrogens is 1. The molecular weight excluding hydrogens is 488 g/mol. The number of aromatic nitrogens is 2. The standard InChI is InChI=1S/C28H28N4O6/c1-28(2,3)38-27(37)31-12-10-30(11-13-31)25(34)18-8-9-22-19(14-18)16-23(32(22)26(35)36)20-15-17-6-4-5-7-21(17)29-24(20)33/h4-9,14-16H,10-13H2,1-3H3,(H,29,33)(H,35,36). The minimum atomic E-state index is -1.24. The van der Waals surface area contributed by atoms with Crippen LogP contribution in [0.4, 0.5) is 9.59 Å². The van der Waals surface area contributed by atoms with E-state index in [0.29, 0.717) is 48.2 Å². The van der Waals surface area contributed by atoms with Crippen molar-refractivity contribution in [1.29, 1.82) is 0 Å². The predicted octanol–water partition coefficient (Wildman–Crippen LogP) is 4.37. The molecule has 1 aliphatic rings. The third kappa shape index (κ3) is 4.72. The number of carboxylic acid groups (broad SMARTS) is 1. The van der Waals surface area contributed by atoms with Crippen LogP contribution in [0.5, 0.6) is 0 Å². The summed E-state index contributed by atoms with van der Waals surface area (Å²) in [6.45, 7) is 6.83. The van der Waals surface area contributed by atoms with Crippen molar-refractivity contribution < 1.29 is 24.2 Å². The number of ether oxygens (including phenoxy) is 1. The minimum absolute atomic E-state index is 0.216. The normalized spacial score (nSPS) is 14.2. The van der Waals surface area contributed by atoms with E-state index in [0.717, 1.165) is 9.95 Å². The number of hydrogen-bond donors (Lipinski definition) is 2. The van der Waals surface area contributed by atoms with Crippen LogP contribution in [0.2, 0.25) is 0 Å². The molecule has 0 bridgehead atoms. The van der Waals surface area contributed by atoms with Crippen LogP contribution in [0.15, 0.2) is 59.4 Å². The molecule has 2 aromatic heterocycles. The highest BCUT2D eigenvalue weighted by atomic mass is 16.6. The van der Waals surface area contributed by atoms with Crippen LogP contribution in [-0.4, -0.2) is 74.3 Å². The average molecular weight is 517 g/mol. The third-order valence-electron chi connectivity index (χ3n) is 6.49. The van der Waals surface area contributed by atoms with Crippen molar-refractivity contribution in [3.05, 3.63) is 70.5 Å². The lowest BCUT2D eigenvalue weighted by Gasteiger charge is -2.35. The number of amides is 2. The van der Waals surface area contributed by atoms with Gasteiger partial charge in [0.05, 0.1) is 16.8 Å². The highest BCUT2D eigenvalue weighted by Gasteiger charge is 2.28. The SMILES string of the molecule is CC(C)(C)OC(=O)N1CCN(C(=O)c2ccc3c(c2)cc(-c2cc4ccccc4[nH]c2=O)n3C(=O)O)CC1. The Labute approximate surface area is 218 Å². The monoisotopic (exact) mass is 516 g/mol. The Morgan fingerprint density at radius 2 is 1.58 bits per heavy atom. The van der Waals surface area contributed by atoms with Gasteiger partial charge in [0.1, 0.15) is 5.60 Å². The van der Waals surface area contributed by atoms with Gasteiger partial charge >= 0.3 is 12.2 Å². The van der Waals surface area contributed by atoms with E-state index in [2.05, 4.69) is 4.98 Å². The summed E-state index contributed by atoms with van der Waals surface area (Å²) in [5, 5.41) is 11.3. The van der Waals surface area contributed by atoms with E-state index in [1.54, 1.807) is 67.0 Å². The minimum Gasteiger partial charge on any atom is -0.464 e. The number of nitrogens with zero attached hydrogens (tertiary/aromatic N) is 3. The number of pyridine rings is 1. The molecule has 10 heteroatoms. The van der Waals surface area contributed by atoms with Crippen molar-refractivity contribution in [1.82, 2.24) is 19.4 Å². The van der Waals surface area contributed by atoms with Gasteiger partial charge in [-0.1, -0.05) is 18.2 Å². The number of aromatic amines is 1. The van der Waals surface area contributed by atoms with Gasteiger partial charge in [0.2, 0.25) is 0 Å². The molecule has 4 aromatic rings. The molecule has 0 atom stereocenters. The van der Waals surface area contributed by atoms with Gasteiger partial charge in [-0.15, -0.1) is 0 Å². The summed E-state index contributed by atoms with van der Waals surface area (Å²) in [4.78, 5) is 56.7. The summed E-state index contributed by atoms with van der Waals surface area (Å²) in [5.41, 5.74) is 0.842. The van der Waals surface area contributed by atoms with Gasteiger partial charge in [-0.25, -0.2) is 14.2 Å². The first-order valence-electron chi connectivity index (χ1n) is 12.3. The second-order valence-corrected chi connectivity index (χ2v) is 10.3. The van der Waals surface area contributed by atoms with Crippen molar-refractivity contribution in [2.45, 2.75) is 26.4 Å². The Hall–Kier alpha value is -4.60. The maximum atomic E-state index is 13.3. The van der Waals surface area contributed by atoms with Crippen LogP contribution >= 0.6 is 0 Å². The second-order valence-electron chi connectivity index (χ2n) is 10.3. The van der Waals surface area contributed by atoms with Gasteiger partial charge in [0.15, 0.2) is 0 Å². The van der Waals surface area contributed by atoms with Gasteiger partial charge in [-0.2, -0.15) is 0 Å². The topological polar surface area (TPSA) is 125 Å². The largest absolute Gasteiger partial charge is 0.464 e. The van der Waals surface area contributed by atoms with Crippen LogP contribution in [0.25, 0.3) is 33.1 Å². The molecule has 0 aliphatic carbocycles. The van der Waals surface area contributed by atoms with Crippen LogP contribution in [0, 0.1) is 0 Å². The molecule has 2 N–H and O–H groups in total. The summed E-state index contributed by atoms with van der Waals surface area (Å²) in [5.74, 6) is -0.219. The van der Waals surface area contributed by atoms with E-state index >= 15 is 0 Å². The van der Waals surface area contributed by atoms with Gasteiger partial charge in [0, 0.05) is 42.6 Å². The highest BCUT2D eigenvalue weighted by molar-refractivity contribution is 6.02. The van der Waals surface area contributed by atoms with Gasteiger partial charge < -0.3 is 24.6 Å². The molecular formula is C28H28N4O6. The van der Waals surface area contributed by atoms with Crippen LogP contribution in [0.1, 0.15) is 31.1 Å². The molecule has 2 aromatic carbocycles. The van der Waals surface area contributed by atoms with Crippen LogP contribution in [0.3, 0.4) is 0 Å². The highest BCUT2D eigenvalue weighted by Crippen LogP contribution is 2.29. The zero-order chi connectivity index (χ0) is 27.2. The molecule has 1 aliphatic heterocycles. The van der Waals surface area contributed by atoms with E-state index in [4.69, 9.17) is 4.74 Å². The third-order valence-corrected chi connectivity index (χ3v) is 6.49. The maximum Gasteiger partial charge on any atom is 0.416 e. The number of piperazine rings is 1. The number of hydrogen-bond acceptors (Lipinski definition) is 5. The average Bonchev–Trinajstić information content (AvgIpc) is 3.25. The van der Waals surface area contributed by atoms with E-state index in [9.17, 15) is 24.3 Å². The van der Waals surface area contributed by atoms with Gasteiger partial charge in [-0.3, -0.25) is 9.59 Å². The number of fused-ring (bicyclic) bond motifs is 2. The number of carbonyl (C=O) groups excluding carboxylic acids is 2. The molecule has 0 saturated carbocycles. The quantitative estimate of drug-likeness (QED) is 0.408. The fraction of sp³-hybridized carbons (Fsp3) is 0.286. The maximum absolute atomic E-state index is 13.3. The zero-order valence-electron chi connectivity index (χ0n) is 21.4. The Morgan fingerprint density at radius 3 is 2.26 bits per heavy atom. The molecule has 1 saturated heterocycles. The number of nitrogens with one attached hydrogen (secondary N) is 1. The molecule has 196 valence electrons. The van der Waals surface area contributed by atoms with Gasteiger partial charge in [-0.05, 0) is 62.6 Å². The Balaban J connectivity index is 1.43. The first-order chi connectivity index (χ1) is 18.0. The first kappa shape index (κ1) is 25.1. The number of carbonyl (C=O) groups is 3. The number of para-hydroxylation sites is 1. The molecule has 0 spiro atoms. The molecule has 5 rings (SSSR count). The molecule has 38 heavy (non-hydrogen) atoms. The van der Waals surface area contributed by atoms with E-state index in [1.165, 1.54) is 0 Å². The van der Waals surface area contributed by atoms with Crippen molar-refractivity contribution in [3.63, 3.8) is 0 Å². The summed E-state index contributed by atoms with van der Waals surface area (Å²) < 4.78 is 6.47. The van der Waals surface area contributed by atoms with Crippen LogP contribution < -0.4 is 5.56 Å². The summed E-state index contributed by atoms with van der Waals surface area (Å²) in [6, 6.07) is 15.3. The summed E-state index contributed by atoms with van der Waals surface area (Å²) >= 11 is 0. The fourth-order valence-electron chi connectivity index (χ4n) is 4.69. The Kier molecular flexibility index (Phi) is 6.18.